The Hall–Kier alpha value is -1.94. The first kappa shape index (κ1) is 14.5. The van der Waals surface area contributed by atoms with Gasteiger partial charge in [-0.15, -0.1) is 0 Å². The van der Waals surface area contributed by atoms with Crippen molar-refractivity contribution in [2.24, 2.45) is 0 Å². The molecule has 0 bridgehead atoms. The van der Waals surface area contributed by atoms with E-state index in [1.165, 1.54) is 36.4 Å². The zero-order chi connectivity index (χ0) is 14.7. The van der Waals surface area contributed by atoms with Crippen LogP contribution < -0.4 is 5.32 Å². The molecule has 0 aromatic heterocycles. The Morgan fingerprint density at radius 3 is 2.50 bits per heavy atom. The molecular weight excluding hydrogens is 284 g/mol. The molecule has 1 N–H and O–H groups in total. The van der Waals surface area contributed by atoms with E-state index in [-0.39, 0.29) is 23.3 Å². The number of aryl methyl sites for hydroxylation is 1. The van der Waals surface area contributed by atoms with Gasteiger partial charge in [-0.05, 0) is 48.4 Å². The third-order valence-corrected chi connectivity index (χ3v) is 3.15. The number of hydrogen-bond donors (Lipinski definition) is 1. The first-order chi connectivity index (χ1) is 9.47. The van der Waals surface area contributed by atoms with Gasteiger partial charge in [0.1, 0.15) is 11.6 Å². The Morgan fingerprint density at radius 2 is 1.85 bits per heavy atom. The molecule has 0 unspecified atom stereocenters. The summed E-state index contributed by atoms with van der Waals surface area (Å²) in [5.41, 5.74) is 1.46. The average molecular weight is 296 g/mol. The number of rotatable bonds is 3. The molecule has 0 heterocycles. The fraction of sp³-hybridized carbons (Fsp3) is 0.133. The molecule has 2 rings (SSSR count). The summed E-state index contributed by atoms with van der Waals surface area (Å²) in [7, 11) is 0. The van der Waals surface area contributed by atoms with E-state index < -0.39 is 5.82 Å². The fourth-order valence-electron chi connectivity index (χ4n) is 1.72. The maximum Gasteiger partial charge on any atom is 0.251 e. The van der Waals surface area contributed by atoms with Crippen LogP contribution in [0.1, 0.15) is 21.5 Å². The molecule has 0 aliphatic carbocycles. The first-order valence-electron chi connectivity index (χ1n) is 5.95. The van der Waals surface area contributed by atoms with E-state index in [0.717, 1.165) is 0 Å². The summed E-state index contributed by atoms with van der Waals surface area (Å²) < 4.78 is 26.1. The zero-order valence-corrected chi connectivity index (χ0v) is 11.5. The number of nitrogens with one attached hydrogen (secondary N) is 1. The van der Waals surface area contributed by atoms with E-state index in [1.807, 2.05) is 0 Å². The molecule has 0 saturated carbocycles. The minimum atomic E-state index is -0.504. The van der Waals surface area contributed by atoms with Crippen LogP contribution in [0.5, 0.6) is 0 Å². The largest absolute Gasteiger partial charge is 0.348 e. The minimum absolute atomic E-state index is 0.00868. The normalized spacial score (nSPS) is 10.4. The van der Waals surface area contributed by atoms with Gasteiger partial charge in [0.15, 0.2) is 0 Å². The van der Waals surface area contributed by atoms with Crippen molar-refractivity contribution in [3.63, 3.8) is 0 Å². The van der Waals surface area contributed by atoms with Crippen molar-refractivity contribution in [2.75, 3.05) is 0 Å². The smallest absolute Gasteiger partial charge is 0.251 e. The molecule has 0 aliphatic heterocycles. The number of carbonyl (C=O) groups is 1. The van der Waals surface area contributed by atoms with Crippen molar-refractivity contribution in [2.45, 2.75) is 13.5 Å². The van der Waals surface area contributed by atoms with Crippen LogP contribution in [0, 0.1) is 18.6 Å². The van der Waals surface area contributed by atoms with Crippen LogP contribution in [0.4, 0.5) is 8.78 Å². The third kappa shape index (κ3) is 3.33. The zero-order valence-electron chi connectivity index (χ0n) is 10.7. The van der Waals surface area contributed by atoms with Crippen molar-refractivity contribution in [3.05, 3.63) is 69.7 Å². The predicted molar refractivity (Wildman–Crippen MR) is 73.7 cm³/mol. The maximum atomic E-state index is 13.1. The molecule has 0 aliphatic rings. The lowest BCUT2D eigenvalue weighted by molar-refractivity contribution is 0.0951. The summed E-state index contributed by atoms with van der Waals surface area (Å²) in [5, 5.41) is 2.67. The Morgan fingerprint density at radius 1 is 1.15 bits per heavy atom. The Balaban J connectivity index is 2.04. The quantitative estimate of drug-likeness (QED) is 0.915. The van der Waals surface area contributed by atoms with Gasteiger partial charge in [-0.2, -0.15) is 0 Å². The van der Waals surface area contributed by atoms with Gasteiger partial charge in [0.2, 0.25) is 0 Å². The van der Waals surface area contributed by atoms with Crippen molar-refractivity contribution in [1.82, 2.24) is 5.32 Å². The van der Waals surface area contributed by atoms with Crippen LogP contribution in [-0.2, 0) is 6.54 Å². The van der Waals surface area contributed by atoms with Gasteiger partial charge in [0.25, 0.3) is 5.91 Å². The Bertz CT molecular complexity index is 658. The summed E-state index contributed by atoms with van der Waals surface area (Å²) >= 11 is 5.65. The maximum absolute atomic E-state index is 13.1. The third-order valence-electron chi connectivity index (χ3n) is 2.86. The van der Waals surface area contributed by atoms with E-state index in [4.69, 9.17) is 11.6 Å². The second kappa shape index (κ2) is 6.01. The van der Waals surface area contributed by atoms with Crippen LogP contribution in [0.25, 0.3) is 0 Å². The molecule has 104 valence electrons. The standard InChI is InChI=1S/C15H12ClF2NO/c1-9-6-11(3-5-13(9)17)15(20)19-8-10-2-4-14(18)12(16)7-10/h2-7H,8H2,1H3,(H,19,20). The molecular formula is C15H12ClF2NO. The monoisotopic (exact) mass is 295 g/mol. The summed E-state index contributed by atoms with van der Waals surface area (Å²) in [4.78, 5) is 11.9. The second-order valence-corrected chi connectivity index (χ2v) is 4.80. The molecule has 2 aromatic rings. The highest BCUT2D eigenvalue weighted by Gasteiger charge is 2.08. The van der Waals surface area contributed by atoms with E-state index in [9.17, 15) is 13.6 Å². The van der Waals surface area contributed by atoms with E-state index in [0.29, 0.717) is 16.7 Å². The van der Waals surface area contributed by atoms with Crippen LogP contribution in [0.15, 0.2) is 36.4 Å². The number of amides is 1. The molecule has 0 radical (unpaired) electrons. The summed E-state index contributed by atoms with van der Waals surface area (Å²) in [6, 6.07) is 8.37. The van der Waals surface area contributed by atoms with Gasteiger partial charge in [0.05, 0.1) is 5.02 Å². The lowest BCUT2D eigenvalue weighted by Gasteiger charge is -2.07. The molecule has 0 saturated heterocycles. The van der Waals surface area contributed by atoms with Crippen LogP contribution >= 0.6 is 11.6 Å². The molecule has 2 nitrogen and oxygen atoms in total. The molecule has 0 spiro atoms. The molecule has 0 fully saturated rings. The van der Waals surface area contributed by atoms with Gasteiger partial charge < -0.3 is 5.32 Å². The number of hydrogen-bond acceptors (Lipinski definition) is 1. The van der Waals surface area contributed by atoms with Crippen molar-refractivity contribution in [1.29, 1.82) is 0 Å². The highest BCUT2D eigenvalue weighted by molar-refractivity contribution is 6.30. The first-order valence-corrected chi connectivity index (χ1v) is 6.33. The van der Waals surface area contributed by atoms with Gasteiger partial charge in [0, 0.05) is 12.1 Å². The summed E-state index contributed by atoms with van der Waals surface area (Å²) in [6.45, 7) is 1.81. The van der Waals surface area contributed by atoms with Crippen LogP contribution in [0.3, 0.4) is 0 Å². The molecule has 5 heteroatoms. The van der Waals surface area contributed by atoms with Gasteiger partial charge in [-0.25, -0.2) is 8.78 Å². The predicted octanol–water partition coefficient (Wildman–Crippen LogP) is 3.86. The van der Waals surface area contributed by atoms with Gasteiger partial charge >= 0.3 is 0 Å². The van der Waals surface area contributed by atoms with Crippen molar-refractivity contribution >= 4 is 17.5 Å². The number of benzene rings is 2. The molecule has 2 aromatic carbocycles. The Labute approximate surface area is 120 Å². The second-order valence-electron chi connectivity index (χ2n) is 4.40. The van der Waals surface area contributed by atoms with Gasteiger partial charge in [-0.3, -0.25) is 4.79 Å². The van der Waals surface area contributed by atoms with E-state index in [2.05, 4.69) is 5.32 Å². The minimum Gasteiger partial charge on any atom is -0.348 e. The summed E-state index contributed by atoms with van der Waals surface area (Å²) in [6.07, 6.45) is 0. The average Bonchev–Trinajstić information content (AvgIpc) is 2.43. The topological polar surface area (TPSA) is 29.1 Å². The summed E-state index contributed by atoms with van der Waals surface area (Å²) in [5.74, 6) is -1.18. The van der Waals surface area contributed by atoms with Crippen molar-refractivity contribution in [3.8, 4) is 0 Å². The highest BCUT2D eigenvalue weighted by Crippen LogP contribution is 2.16. The number of halogens is 3. The van der Waals surface area contributed by atoms with E-state index >= 15 is 0 Å². The van der Waals surface area contributed by atoms with Gasteiger partial charge in [-0.1, -0.05) is 17.7 Å². The lowest BCUT2D eigenvalue weighted by atomic mass is 10.1. The fourth-order valence-corrected chi connectivity index (χ4v) is 1.92. The molecule has 1 amide bonds. The number of carbonyl (C=O) groups excluding carboxylic acids is 1. The SMILES string of the molecule is Cc1cc(C(=O)NCc2ccc(F)c(Cl)c2)ccc1F. The van der Waals surface area contributed by atoms with Crippen molar-refractivity contribution < 1.29 is 13.6 Å². The molecule has 20 heavy (non-hydrogen) atoms. The van der Waals surface area contributed by atoms with Crippen LogP contribution in [0.2, 0.25) is 5.02 Å². The molecule has 0 atom stereocenters. The van der Waals surface area contributed by atoms with Crippen LogP contribution in [-0.4, -0.2) is 5.91 Å². The highest BCUT2D eigenvalue weighted by atomic mass is 35.5. The van der Waals surface area contributed by atoms with E-state index in [1.54, 1.807) is 6.92 Å². The lowest BCUT2D eigenvalue weighted by Crippen LogP contribution is -2.22. The Kier molecular flexibility index (Phi) is 4.35.